The number of hydrogen-bond donors (Lipinski definition) is 1. The molecule has 0 amide bonds. The average Bonchev–Trinajstić information content (AvgIpc) is 3.13. The Labute approximate surface area is 110 Å². The third kappa shape index (κ3) is 2.82. The van der Waals surface area contributed by atoms with Gasteiger partial charge in [-0.15, -0.1) is 0 Å². The van der Waals surface area contributed by atoms with E-state index in [-0.39, 0.29) is 0 Å². The fourth-order valence-electron chi connectivity index (χ4n) is 1.82. The zero-order valence-electron chi connectivity index (χ0n) is 10.4. The van der Waals surface area contributed by atoms with E-state index in [4.69, 9.17) is 4.74 Å². The Morgan fingerprint density at radius 2 is 2.05 bits per heavy atom. The van der Waals surface area contributed by atoms with Gasteiger partial charge in [0.25, 0.3) is 0 Å². The van der Waals surface area contributed by atoms with Crippen LogP contribution in [0.1, 0.15) is 0 Å². The number of imidazole rings is 2. The number of hydrogen-bond acceptors (Lipinski definition) is 3. The van der Waals surface area contributed by atoms with Gasteiger partial charge in [-0.25, -0.2) is 9.97 Å². The van der Waals surface area contributed by atoms with Gasteiger partial charge < -0.3 is 14.3 Å². The Hall–Kier alpha value is -2.56. The number of nitrogens with zero attached hydrogens (tertiary/aromatic N) is 3. The Morgan fingerprint density at radius 3 is 2.74 bits per heavy atom. The van der Waals surface area contributed by atoms with E-state index in [9.17, 15) is 0 Å². The van der Waals surface area contributed by atoms with Gasteiger partial charge in [0.05, 0.1) is 12.9 Å². The van der Waals surface area contributed by atoms with Crippen LogP contribution in [0.25, 0.3) is 11.4 Å². The van der Waals surface area contributed by atoms with Gasteiger partial charge in [0.1, 0.15) is 18.2 Å². The number of rotatable bonds is 5. The van der Waals surface area contributed by atoms with Crippen molar-refractivity contribution in [3.05, 3.63) is 55.4 Å². The van der Waals surface area contributed by atoms with Crippen molar-refractivity contribution in [2.75, 3.05) is 6.61 Å². The summed E-state index contributed by atoms with van der Waals surface area (Å²) in [5, 5.41) is 0. The summed E-state index contributed by atoms with van der Waals surface area (Å²) in [5.74, 6) is 1.72. The highest BCUT2D eigenvalue weighted by molar-refractivity contribution is 5.55. The first-order valence-electron chi connectivity index (χ1n) is 6.10. The number of ether oxygens (including phenoxy) is 1. The summed E-state index contributed by atoms with van der Waals surface area (Å²) in [6, 6.07) is 7.88. The summed E-state index contributed by atoms with van der Waals surface area (Å²) >= 11 is 0. The van der Waals surface area contributed by atoms with Gasteiger partial charge >= 0.3 is 0 Å². The maximum absolute atomic E-state index is 5.67. The highest BCUT2D eigenvalue weighted by atomic mass is 16.5. The van der Waals surface area contributed by atoms with Gasteiger partial charge in [0.15, 0.2) is 0 Å². The molecule has 0 aliphatic carbocycles. The maximum atomic E-state index is 5.67. The van der Waals surface area contributed by atoms with E-state index < -0.39 is 0 Å². The standard InChI is InChI=1S/C14H14N4O/c1-3-13(19-10-9-18-8-7-15-11-18)4-2-12(1)14-16-5-6-17-14/h1-8,11H,9-10H2,(H,16,17). The normalized spacial score (nSPS) is 10.5. The van der Waals surface area contributed by atoms with Crippen LogP contribution in [0.2, 0.25) is 0 Å². The third-order valence-corrected chi connectivity index (χ3v) is 2.80. The van der Waals surface area contributed by atoms with Crippen LogP contribution in [0.4, 0.5) is 0 Å². The van der Waals surface area contributed by atoms with Crippen LogP contribution in [0.3, 0.4) is 0 Å². The van der Waals surface area contributed by atoms with Gasteiger partial charge in [-0.2, -0.15) is 0 Å². The fourth-order valence-corrected chi connectivity index (χ4v) is 1.82. The summed E-state index contributed by atoms with van der Waals surface area (Å²) in [5.41, 5.74) is 1.05. The van der Waals surface area contributed by atoms with Crippen molar-refractivity contribution in [3.8, 4) is 17.1 Å². The molecule has 0 aliphatic heterocycles. The quantitative estimate of drug-likeness (QED) is 0.760. The molecule has 0 saturated carbocycles. The van der Waals surface area contributed by atoms with Gasteiger partial charge in [-0.3, -0.25) is 0 Å². The molecular weight excluding hydrogens is 240 g/mol. The van der Waals surface area contributed by atoms with Crippen LogP contribution in [0, 0.1) is 0 Å². The van der Waals surface area contributed by atoms with E-state index in [1.54, 1.807) is 18.7 Å². The van der Waals surface area contributed by atoms with Gasteiger partial charge in [0.2, 0.25) is 0 Å². The molecular formula is C14H14N4O. The predicted molar refractivity (Wildman–Crippen MR) is 71.7 cm³/mol. The average molecular weight is 254 g/mol. The molecule has 0 spiro atoms. The summed E-state index contributed by atoms with van der Waals surface area (Å²) in [6.45, 7) is 1.41. The molecule has 96 valence electrons. The highest BCUT2D eigenvalue weighted by Gasteiger charge is 2.00. The second kappa shape index (κ2) is 5.39. The first-order chi connectivity index (χ1) is 9.42. The lowest BCUT2D eigenvalue weighted by atomic mass is 10.2. The number of nitrogens with one attached hydrogen (secondary N) is 1. The molecule has 0 radical (unpaired) electrons. The van der Waals surface area contributed by atoms with Crippen molar-refractivity contribution in [2.45, 2.75) is 6.54 Å². The molecule has 5 nitrogen and oxygen atoms in total. The van der Waals surface area contributed by atoms with Crippen LogP contribution >= 0.6 is 0 Å². The molecule has 0 saturated heterocycles. The van der Waals surface area contributed by atoms with Crippen LogP contribution < -0.4 is 4.74 Å². The van der Waals surface area contributed by atoms with E-state index in [1.165, 1.54) is 0 Å². The van der Waals surface area contributed by atoms with Crippen molar-refractivity contribution >= 4 is 0 Å². The highest BCUT2D eigenvalue weighted by Crippen LogP contribution is 2.18. The van der Waals surface area contributed by atoms with Gasteiger partial charge in [-0.1, -0.05) is 0 Å². The molecule has 1 N–H and O–H groups in total. The number of aromatic nitrogens is 4. The van der Waals surface area contributed by atoms with Gasteiger partial charge in [-0.05, 0) is 24.3 Å². The van der Waals surface area contributed by atoms with E-state index in [2.05, 4.69) is 15.0 Å². The Balaban J connectivity index is 1.57. The van der Waals surface area contributed by atoms with Crippen LogP contribution in [-0.2, 0) is 6.54 Å². The molecule has 1 aromatic carbocycles. The molecule has 0 aliphatic rings. The molecule has 5 heteroatoms. The second-order valence-corrected chi connectivity index (χ2v) is 4.11. The van der Waals surface area contributed by atoms with Crippen LogP contribution in [0.5, 0.6) is 5.75 Å². The van der Waals surface area contributed by atoms with E-state index in [0.29, 0.717) is 6.61 Å². The van der Waals surface area contributed by atoms with Crippen LogP contribution in [0.15, 0.2) is 55.4 Å². The topological polar surface area (TPSA) is 55.7 Å². The van der Waals surface area contributed by atoms with Crippen molar-refractivity contribution in [1.29, 1.82) is 0 Å². The Bertz CT molecular complexity index is 599. The predicted octanol–water partition coefficient (Wildman–Crippen LogP) is 2.35. The SMILES string of the molecule is c1cn(CCOc2ccc(-c3ncc[nH]3)cc2)cn1. The van der Waals surface area contributed by atoms with Crippen molar-refractivity contribution in [3.63, 3.8) is 0 Å². The third-order valence-electron chi connectivity index (χ3n) is 2.80. The lowest BCUT2D eigenvalue weighted by Gasteiger charge is -2.07. The molecule has 0 atom stereocenters. The summed E-state index contributed by atoms with van der Waals surface area (Å²) in [4.78, 5) is 11.3. The van der Waals surface area contributed by atoms with Crippen molar-refractivity contribution < 1.29 is 4.74 Å². The molecule has 2 heterocycles. The molecule has 0 bridgehead atoms. The first kappa shape index (κ1) is 11.5. The monoisotopic (exact) mass is 254 g/mol. The number of H-pyrrole nitrogens is 1. The summed E-state index contributed by atoms with van der Waals surface area (Å²) < 4.78 is 7.66. The van der Waals surface area contributed by atoms with Crippen molar-refractivity contribution in [1.82, 2.24) is 19.5 Å². The van der Waals surface area contributed by atoms with E-state index >= 15 is 0 Å². The van der Waals surface area contributed by atoms with Gasteiger partial charge in [0, 0.05) is 30.4 Å². The maximum Gasteiger partial charge on any atom is 0.137 e. The smallest absolute Gasteiger partial charge is 0.137 e. The Kier molecular flexibility index (Phi) is 3.27. The number of benzene rings is 1. The lowest BCUT2D eigenvalue weighted by Crippen LogP contribution is -2.06. The molecule has 3 rings (SSSR count). The largest absolute Gasteiger partial charge is 0.492 e. The zero-order valence-corrected chi connectivity index (χ0v) is 10.4. The van der Waals surface area contributed by atoms with Crippen LogP contribution in [-0.4, -0.2) is 26.1 Å². The fraction of sp³-hybridized carbons (Fsp3) is 0.143. The first-order valence-corrected chi connectivity index (χ1v) is 6.10. The minimum atomic E-state index is 0.621. The number of aromatic amines is 1. The summed E-state index contributed by atoms with van der Waals surface area (Å²) in [7, 11) is 0. The Morgan fingerprint density at radius 1 is 1.16 bits per heavy atom. The molecule has 0 fully saturated rings. The van der Waals surface area contributed by atoms with Crippen molar-refractivity contribution in [2.24, 2.45) is 0 Å². The van der Waals surface area contributed by atoms with E-state index in [1.807, 2.05) is 41.2 Å². The summed E-state index contributed by atoms with van der Waals surface area (Å²) in [6.07, 6.45) is 9.01. The molecule has 2 aromatic heterocycles. The minimum Gasteiger partial charge on any atom is -0.492 e. The molecule has 19 heavy (non-hydrogen) atoms. The lowest BCUT2D eigenvalue weighted by molar-refractivity contribution is 0.298. The second-order valence-electron chi connectivity index (χ2n) is 4.11. The minimum absolute atomic E-state index is 0.621. The molecule has 3 aromatic rings. The zero-order chi connectivity index (χ0) is 12.9. The van der Waals surface area contributed by atoms with E-state index in [0.717, 1.165) is 23.7 Å². The molecule has 0 unspecified atom stereocenters.